The van der Waals surface area contributed by atoms with E-state index in [0.29, 0.717) is 29.5 Å². The Bertz CT molecular complexity index is 1470. The van der Waals surface area contributed by atoms with Crippen LogP contribution in [-0.4, -0.2) is 57.9 Å². The lowest BCUT2D eigenvalue weighted by Crippen LogP contribution is -2.33. The number of carbonyl (C=O) groups excluding carboxylic acids is 1. The van der Waals surface area contributed by atoms with Gasteiger partial charge < -0.3 is 4.90 Å². The molecule has 4 rings (SSSR count). The summed E-state index contributed by atoms with van der Waals surface area (Å²) < 4.78 is 29.1. The van der Waals surface area contributed by atoms with Crippen molar-refractivity contribution < 1.29 is 13.2 Å². The molecule has 3 aromatic carbocycles. The van der Waals surface area contributed by atoms with Crippen molar-refractivity contribution in [3.63, 3.8) is 0 Å². The zero-order chi connectivity index (χ0) is 26.6. The molecule has 0 saturated carbocycles. The highest BCUT2D eigenvalue weighted by atomic mass is 35.5. The number of carbonyl (C=O) groups is 1. The second-order valence-electron chi connectivity index (χ2n) is 9.11. The van der Waals surface area contributed by atoms with Crippen molar-refractivity contribution in [2.45, 2.75) is 25.2 Å². The molecule has 0 unspecified atom stereocenters. The van der Waals surface area contributed by atoms with Crippen molar-refractivity contribution in [2.24, 2.45) is 0 Å². The molecule has 1 heterocycles. The summed E-state index contributed by atoms with van der Waals surface area (Å²) in [6, 6.07) is 21.3. The van der Waals surface area contributed by atoms with Gasteiger partial charge in [0, 0.05) is 18.7 Å². The van der Waals surface area contributed by atoms with Crippen molar-refractivity contribution in [1.82, 2.24) is 9.88 Å². The molecule has 0 aliphatic carbocycles. The number of sulfonamides is 1. The fraction of sp³-hybridized carbons (Fsp3) is 0.286. The minimum atomic E-state index is -3.77. The van der Waals surface area contributed by atoms with E-state index in [1.165, 1.54) is 27.8 Å². The molecular weight excluding hydrogens is 540 g/mol. The summed E-state index contributed by atoms with van der Waals surface area (Å²) in [5.74, 6) is -0.200. The third-order valence-electron chi connectivity index (χ3n) is 6.02. The standard InChI is InChI=1S/C28H32N4O3S2.ClH/c1-5-32(23-10-7-6-8-11-23)37(34,35)24-15-13-22(14-16-24)27(33)31(19-9-18-30(3)4)28-29-25-17-12-21(2)20-26(25)36-28;/h6-8,10-17,20H,5,9,18-19H2,1-4H3;1H. The number of aryl methyl sites for hydroxylation is 1. The summed E-state index contributed by atoms with van der Waals surface area (Å²) in [6.07, 6.45) is 0.780. The Morgan fingerprint density at radius 1 is 0.947 bits per heavy atom. The largest absolute Gasteiger partial charge is 0.309 e. The lowest BCUT2D eigenvalue weighted by Gasteiger charge is -2.23. The minimum Gasteiger partial charge on any atom is -0.309 e. The molecule has 0 radical (unpaired) electrons. The fourth-order valence-corrected chi connectivity index (χ4v) is 6.66. The quantitative estimate of drug-likeness (QED) is 0.239. The summed E-state index contributed by atoms with van der Waals surface area (Å²) in [4.78, 5) is 22.3. The Kier molecular flexibility index (Phi) is 9.89. The third kappa shape index (κ3) is 6.53. The van der Waals surface area contributed by atoms with Crippen LogP contribution in [0.5, 0.6) is 0 Å². The Morgan fingerprint density at radius 3 is 2.26 bits per heavy atom. The van der Waals surface area contributed by atoms with E-state index in [1.807, 2.05) is 51.4 Å². The van der Waals surface area contributed by atoms with Gasteiger partial charge in [-0.1, -0.05) is 35.6 Å². The van der Waals surface area contributed by atoms with Crippen LogP contribution in [0.4, 0.5) is 10.8 Å². The lowest BCUT2D eigenvalue weighted by atomic mass is 10.2. The molecule has 38 heavy (non-hydrogen) atoms. The number of nitrogens with zero attached hydrogens (tertiary/aromatic N) is 4. The fourth-order valence-electron chi connectivity index (χ4n) is 4.10. The molecule has 1 amide bonds. The Balaban J connectivity index is 0.00000400. The second kappa shape index (κ2) is 12.7. The maximum Gasteiger partial charge on any atom is 0.264 e. The zero-order valence-corrected chi connectivity index (χ0v) is 24.4. The van der Waals surface area contributed by atoms with Gasteiger partial charge in [0.2, 0.25) is 0 Å². The maximum absolute atomic E-state index is 13.7. The number of amides is 1. The topological polar surface area (TPSA) is 73.8 Å². The van der Waals surface area contributed by atoms with Crippen LogP contribution < -0.4 is 9.21 Å². The van der Waals surface area contributed by atoms with Crippen LogP contribution in [0.1, 0.15) is 29.3 Å². The first-order valence-corrected chi connectivity index (χ1v) is 14.5. The van der Waals surface area contributed by atoms with Crippen molar-refractivity contribution in [3.05, 3.63) is 83.9 Å². The average molecular weight is 573 g/mol. The van der Waals surface area contributed by atoms with Gasteiger partial charge in [0.25, 0.3) is 15.9 Å². The molecule has 1 aromatic heterocycles. The van der Waals surface area contributed by atoms with Gasteiger partial charge in [0.15, 0.2) is 5.13 Å². The van der Waals surface area contributed by atoms with Gasteiger partial charge in [0.1, 0.15) is 0 Å². The third-order valence-corrected chi connectivity index (χ3v) is 8.97. The van der Waals surface area contributed by atoms with Crippen LogP contribution in [-0.2, 0) is 10.0 Å². The predicted octanol–water partition coefficient (Wildman–Crippen LogP) is 5.84. The van der Waals surface area contributed by atoms with Gasteiger partial charge in [-0.3, -0.25) is 14.0 Å². The smallest absolute Gasteiger partial charge is 0.264 e. The number of halogens is 1. The highest BCUT2D eigenvalue weighted by molar-refractivity contribution is 7.92. The molecule has 4 aromatic rings. The zero-order valence-electron chi connectivity index (χ0n) is 22.0. The van der Waals surface area contributed by atoms with E-state index in [4.69, 9.17) is 4.98 Å². The first-order valence-electron chi connectivity index (χ1n) is 12.2. The Labute approximate surface area is 235 Å². The van der Waals surface area contributed by atoms with Gasteiger partial charge in [-0.2, -0.15) is 0 Å². The van der Waals surface area contributed by atoms with Gasteiger partial charge in [-0.05, 0) is 95.0 Å². The molecule has 0 spiro atoms. The molecular formula is C28H33ClN4O3S2. The van der Waals surface area contributed by atoms with Crippen molar-refractivity contribution in [1.29, 1.82) is 0 Å². The van der Waals surface area contributed by atoms with Crippen LogP contribution in [0, 0.1) is 6.92 Å². The molecule has 0 N–H and O–H groups in total. The van der Waals surface area contributed by atoms with Crippen molar-refractivity contribution in [3.8, 4) is 0 Å². The molecule has 0 fully saturated rings. The van der Waals surface area contributed by atoms with Gasteiger partial charge >= 0.3 is 0 Å². The molecule has 0 aliphatic rings. The molecule has 202 valence electrons. The number of thiazole rings is 1. The maximum atomic E-state index is 13.7. The summed E-state index contributed by atoms with van der Waals surface area (Å²) in [5.41, 5.74) is 3.02. The van der Waals surface area contributed by atoms with Crippen LogP contribution in [0.15, 0.2) is 77.7 Å². The normalized spacial score (nSPS) is 11.4. The monoisotopic (exact) mass is 572 g/mol. The highest BCUT2D eigenvalue weighted by Gasteiger charge is 2.25. The summed E-state index contributed by atoms with van der Waals surface area (Å²) in [7, 11) is 0.230. The van der Waals surface area contributed by atoms with Crippen LogP contribution in [0.2, 0.25) is 0 Å². The minimum absolute atomic E-state index is 0. The predicted molar refractivity (Wildman–Crippen MR) is 160 cm³/mol. The number of fused-ring (bicyclic) bond motifs is 1. The molecule has 0 atom stereocenters. The van der Waals surface area contributed by atoms with Crippen LogP contribution in [0.25, 0.3) is 10.2 Å². The van der Waals surface area contributed by atoms with E-state index in [2.05, 4.69) is 11.0 Å². The average Bonchev–Trinajstić information content (AvgIpc) is 3.30. The van der Waals surface area contributed by atoms with E-state index in [0.717, 1.165) is 28.7 Å². The number of para-hydroxylation sites is 1. The van der Waals surface area contributed by atoms with Crippen LogP contribution in [0.3, 0.4) is 0 Å². The summed E-state index contributed by atoms with van der Waals surface area (Å²) in [5, 5.41) is 0.641. The molecule has 10 heteroatoms. The summed E-state index contributed by atoms with van der Waals surface area (Å²) >= 11 is 1.49. The SMILES string of the molecule is CCN(c1ccccc1)S(=O)(=O)c1ccc(C(=O)N(CCCN(C)C)c2nc3ccc(C)cc3s2)cc1.Cl. The first-order chi connectivity index (χ1) is 17.7. The molecule has 7 nitrogen and oxygen atoms in total. The van der Waals surface area contributed by atoms with E-state index in [1.54, 1.807) is 36.1 Å². The first kappa shape index (κ1) is 29.6. The van der Waals surface area contributed by atoms with Gasteiger partial charge in [-0.15, -0.1) is 12.4 Å². The van der Waals surface area contributed by atoms with E-state index < -0.39 is 10.0 Å². The van der Waals surface area contributed by atoms with Gasteiger partial charge in [0.05, 0.1) is 20.8 Å². The lowest BCUT2D eigenvalue weighted by molar-refractivity contribution is 0.0986. The molecule has 0 saturated heterocycles. The van der Waals surface area contributed by atoms with Crippen molar-refractivity contribution >= 4 is 60.7 Å². The van der Waals surface area contributed by atoms with E-state index in [9.17, 15) is 13.2 Å². The highest BCUT2D eigenvalue weighted by Crippen LogP contribution is 2.31. The molecule has 0 bridgehead atoms. The number of hydrogen-bond donors (Lipinski definition) is 0. The number of rotatable bonds is 10. The Hall–Kier alpha value is -2.98. The van der Waals surface area contributed by atoms with Crippen LogP contribution >= 0.6 is 23.7 Å². The Morgan fingerprint density at radius 2 is 1.63 bits per heavy atom. The number of anilines is 2. The van der Waals surface area contributed by atoms with E-state index in [-0.39, 0.29) is 23.2 Å². The molecule has 0 aliphatic heterocycles. The number of hydrogen-bond acceptors (Lipinski definition) is 6. The van der Waals surface area contributed by atoms with E-state index >= 15 is 0 Å². The van der Waals surface area contributed by atoms with Gasteiger partial charge in [-0.25, -0.2) is 13.4 Å². The number of aromatic nitrogens is 1. The summed E-state index contributed by atoms with van der Waals surface area (Å²) in [6.45, 7) is 5.47. The number of benzene rings is 3. The van der Waals surface area contributed by atoms with Crippen molar-refractivity contribution in [2.75, 3.05) is 42.9 Å². The second-order valence-corrected chi connectivity index (χ2v) is 12.0.